The van der Waals surface area contributed by atoms with Crippen LogP contribution in [-0.4, -0.2) is 38.1 Å². The van der Waals surface area contributed by atoms with Crippen LogP contribution in [0.2, 0.25) is 0 Å². The molecule has 1 atom stereocenters. The predicted octanol–water partition coefficient (Wildman–Crippen LogP) is 0.277. The molecule has 110 valence electrons. The fraction of sp³-hybridized carbons (Fsp3) is 0.429. The van der Waals surface area contributed by atoms with Crippen LogP contribution in [0.25, 0.3) is 0 Å². The van der Waals surface area contributed by atoms with E-state index in [9.17, 15) is 9.59 Å². The summed E-state index contributed by atoms with van der Waals surface area (Å²) in [5.41, 5.74) is 7.14. The van der Waals surface area contributed by atoms with Gasteiger partial charge in [0.2, 0.25) is 11.8 Å². The number of likely N-dealkylation sites (N-methyl/N-ethyl adjacent to an activating group) is 1. The Labute approximate surface area is 118 Å². The van der Waals surface area contributed by atoms with Gasteiger partial charge < -0.3 is 21.1 Å². The molecular weight excluding hydrogens is 258 g/mol. The average Bonchev–Trinajstić information content (AvgIpc) is 2.41. The highest BCUT2D eigenvalue weighted by Crippen LogP contribution is 2.10. The molecule has 0 bridgehead atoms. The molecule has 0 radical (unpaired) electrons. The van der Waals surface area contributed by atoms with Crippen LogP contribution in [0, 0.1) is 0 Å². The summed E-state index contributed by atoms with van der Waals surface area (Å²) in [6, 6.07) is 6.38. The number of nitrogens with two attached hydrogens (primary N) is 1. The van der Waals surface area contributed by atoms with Gasteiger partial charge in [-0.05, 0) is 24.6 Å². The zero-order valence-electron chi connectivity index (χ0n) is 11.8. The van der Waals surface area contributed by atoms with Crippen LogP contribution in [0.5, 0.6) is 0 Å². The zero-order chi connectivity index (χ0) is 15.0. The number of hydrogen-bond acceptors (Lipinski definition) is 4. The lowest BCUT2D eigenvalue weighted by molar-refractivity contribution is -0.120. The van der Waals surface area contributed by atoms with Gasteiger partial charge in [0.25, 0.3) is 0 Å². The lowest BCUT2D eigenvalue weighted by atomic mass is 10.1. The second kappa shape index (κ2) is 8.29. The molecule has 1 unspecified atom stereocenters. The average molecular weight is 279 g/mol. The highest BCUT2D eigenvalue weighted by molar-refractivity contribution is 5.94. The highest BCUT2D eigenvalue weighted by atomic mass is 16.5. The Morgan fingerprint density at radius 2 is 1.95 bits per heavy atom. The molecule has 1 rings (SSSR count). The molecule has 20 heavy (non-hydrogen) atoms. The lowest BCUT2D eigenvalue weighted by Gasteiger charge is -2.11. The second-order valence-corrected chi connectivity index (χ2v) is 4.38. The number of benzene rings is 1. The van der Waals surface area contributed by atoms with Crippen molar-refractivity contribution >= 4 is 17.5 Å². The van der Waals surface area contributed by atoms with Crippen LogP contribution in [0.1, 0.15) is 12.5 Å². The molecule has 0 aliphatic rings. The summed E-state index contributed by atoms with van der Waals surface area (Å²) in [4.78, 5) is 23.1. The van der Waals surface area contributed by atoms with Gasteiger partial charge in [-0.2, -0.15) is 0 Å². The van der Waals surface area contributed by atoms with Crippen molar-refractivity contribution in [2.24, 2.45) is 5.73 Å². The molecule has 6 heteroatoms. The number of nitrogens with one attached hydrogen (secondary N) is 2. The van der Waals surface area contributed by atoms with Crippen molar-refractivity contribution < 1.29 is 14.3 Å². The number of rotatable bonds is 7. The van der Waals surface area contributed by atoms with Gasteiger partial charge in [-0.25, -0.2) is 0 Å². The van der Waals surface area contributed by atoms with Crippen molar-refractivity contribution in [1.82, 2.24) is 5.32 Å². The van der Waals surface area contributed by atoms with Crippen molar-refractivity contribution in [3.05, 3.63) is 29.8 Å². The largest absolute Gasteiger partial charge is 0.383 e. The minimum absolute atomic E-state index is 0.0218. The van der Waals surface area contributed by atoms with Gasteiger partial charge in [0.05, 0.1) is 13.0 Å². The molecule has 0 aromatic heterocycles. The lowest BCUT2D eigenvalue weighted by Crippen LogP contribution is -2.39. The van der Waals surface area contributed by atoms with E-state index in [2.05, 4.69) is 10.6 Å². The molecule has 1 aromatic rings. The number of methoxy groups -OCH3 is 1. The predicted molar refractivity (Wildman–Crippen MR) is 77.3 cm³/mol. The molecule has 0 saturated carbocycles. The molecule has 0 heterocycles. The van der Waals surface area contributed by atoms with Gasteiger partial charge in [0, 0.05) is 19.3 Å². The maximum Gasteiger partial charge on any atom is 0.243 e. The van der Waals surface area contributed by atoms with Crippen LogP contribution < -0.4 is 16.4 Å². The topological polar surface area (TPSA) is 93.5 Å². The third-order valence-electron chi connectivity index (χ3n) is 2.64. The Morgan fingerprint density at radius 1 is 1.30 bits per heavy atom. The van der Waals surface area contributed by atoms with E-state index in [0.29, 0.717) is 18.7 Å². The van der Waals surface area contributed by atoms with Crippen molar-refractivity contribution in [3.8, 4) is 0 Å². The van der Waals surface area contributed by atoms with Gasteiger partial charge in [-0.3, -0.25) is 9.59 Å². The van der Waals surface area contributed by atoms with Gasteiger partial charge in [0.15, 0.2) is 0 Å². The molecule has 4 N–H and O–H groups in total. The summed E-state index contributed by atoms with van der Waals surface area (Å²) < 4.78 is 4.82. The summed E-state index contributed by atoms with van der Waals surface area (Å²) in [6.07, 6.45) is 0.325. The standard InChI is InChI=1S/C14H21N3O3/c1-3-16-13(18)8-10-4-6-11(7-5-10)17-14(19)12(15)9-20-2/h4-7,12H,3,8-9,15H2,1-2H3,(H,16,18)(H,17,19). The number of carbonyl (C=O) groups excluding carboxylic acids is 2. The zero-order valence-corrected chi connectivity index (χ0v) is 11.8. The van der Waals surface area contributed by atoms with Crippen LogP contribution in [0.4, 0.5) is 5.69 Å². The minimum atomic E-state index is -0.699. The van der Waals surface area contributed by atoms with E-state index < -0.39 is 6.04 Å². The Balaban J connectivity index is 2.54. The first-order valence-corrected chi connectivity index (χ1v) is 6.47. The van der Waals surface area contributed by atoms with Crippen LogP contribution in [0.15, 0.2) is 24.3 Å². The molecule has 6 nitrogen and oxygen atoms in total. The molecule has 2 amide bonds. The van der Waals surface area contributed by atoms with Crippen molar-refractivity contribution in [2.45, 2.75) is 19.4 Å². The smallest absolute Gasteiger partial charge is 0.243 e. The number of hydrogen-bond donors (Lipinski definition) is 3. The van der Waals surface area contributed by atoms with Crippen molar-refractivity contribution in [1.29, 1.82) is 0 Å². The van der Waals surface area contributed by atoms with E-state index in [1.807, 2.05) is 6.92 Å². The van der Waals surface area contributed by atoms with E-state index in [1.165, 1.54) is 7.11 Å². The third-order valence-corrected chi connectivity index (χ3v) is 2.64. The maximum absolute atomic E-state index is 11.7. The maximum atomic E-state index is 11.7. The van der Waals surface area contributed by atoms with Gasteiger partial charge in [-0.15, -0.1) is 0 Å². The Bertz CT molecular complexity index is 445. The highest BCUT2D eigenvalue weighted by Gasteiger charge is 2.13. The van der Waals surface area contributed by atoms with E-state index in [1.54, 1.807) is 24.3 Å². The molecule has 1 aromatic carbocycles. The normalized spacial score (nSPS) is 11.8. The van der Waals surface area contributed by atoms with Crippen LogP contribution >= 0.6 is 0 Å². The van der Waals surface area contributed by atoms with Gasteiger partial charge >= 0.3 is 0 Å². The fourth-order valence-electron chi connectivity index (χ4n) is 1.64. The molecule has 0 saturated heterocycles. The van der Waals surface area contributed by atoms with Crippen LogP contribution in [0.3, 0.4) is 0 Å². The molecule has 0 spiro atoms. The Morgan fingerprint density at radius 3 is 2.50 bits per heavy atom. The third kappa shape index (κ3) is 5.38. The van der Waals surface area contributed by atoms with Crippen molar-refractivity contribution in [3.63, 3.8) is 0 Å². The SMILES string of the molecule is CCNC(=O)Cc1ccc(NC(=O)C(N)COC)cc1. The molecule has 0 aliphatic heterocycles. The summed E-state index contributed by atoms with van der Waals surface area (Å²) in [7, 11) is 1.49. The molecule has 0 fully saturated rings. The van der Waals surface area contributed by atoms with Gasteiger partial charge in [0.1, 0.15) is 6.04 Å². The first-order valence-electron chi connectivity index (χ1n) is 6.47. The summed E-state index contributed by atoms with van der Waals surface area (Å²) in [6.45, 7) is 2.66. The first kappa shape index (κ1) is 16.1. The Kier molecular flexibility index (Phi) is 6.69. The quantitative estimate of drug-likeness (QED) is 0.668. The fourth-order valence-corrected chi connectivity index (χ4v) is 1.64. The number of ether oxygens (including phenoxy) is 1. The van der Waals surface area contributed by atoms with Crippen LogP contribution in [-0.2, 0) is 20.7 Å². The van der Waals surface area contributed by atoms with Gasteiger partial charge in [-0.1, -0.05) is 12.1 Å². The number of amides is 2. The molecule has 0 aliphatic carbocycles. The Hall–Kier alpha value is -1.92. The monoisotopic (exact) mass is 279 g/mol. The number of carbonyl (C=O) groups is 2. The van der Waals surface area contributed by atoms with E-state index >= 15 is 0 Å². The van der Waals surface area contributed by atoms with Crippen molar-refractivity contribution in [2.75, 3.05) is 25.6 Å². The summed E-state index contributed by atoms with van der Waals surface area (Å²) in [5.74, 6) is -0.324. The van der Waals surface area contributed by atoms with E-state index in [4.69, 9.17) is 10.5 Å². The van der Waals surface area contributed by atoms with E-state index in [-0.39, 0.29) is 18.4 Å². The minimum Gasteiger partial charge on any atom is -0.383 e. The second-order valence-electron chi connectivity index (χ2n) is 4.38. The summed E-state index contributed by atoms with van der Waals surface area (Å²) in [5, 5.41) is 5.42. The summed E-state index contributed by atoms with van der Waals surface area (Å²) >= 11 is 0. The van der Waals surface area contributed by atoms with E-state index in [0.717, 1.165) is 5.56 Å². The molecular formula is C14H21N3O3. The first-order chi connectivity index (χ1) is 9.56. The number of anilines is 1.